The van der Waals surface area contributed by atoms with Crippen molar-refractivity contribution >= 4 is 22.7 Å². The van der Waals surface area contributed by atoms with Crippen LogP contribution in [0.25, 0.3) is 11.0 Å². The molecule has 2 aliphatic heterocycles. The second-order valence-electron chi connectivity index (χ2n) is 9.16. The van der Waals surface area contributed by atoms with Crippen LogP contribution in [0.1, 0.15) is 28.0 Å². The molecule has 1 N–H and O–H groups in total. The van der Waals surface area contributed by atoms with Crippen molar-refractivity contribution in [2.45, 2.75) is 25.9 Å². The van der Waals surface area contributed by atoms with Gasteiger partial charge in [0.1, 0.15) is 18.3 Å². The van der Waals surface area contributed by atoms with Gasteiger partial charge >= 0.3 is 5.97 Å². The molecule has 0 radical (unpaired) electrons. The number of hydrogen-bond donors (Lipinski definition) is 1. The molecule has 0 aromatic carbocycles. The lowest BCUT2D eigenvalue weighted by molar-refractivity contribution is -0.947. The van der Waals surface area contributed by atoms with Gasteiger partial charge in [-0.15, -0.1) is 0 Å². The summed E-state index contributed by atoms with van der Waals surface area (Å²) in [5.74, 6) is 0.231. The first kappa shape index (κ1) is 21.4. The largest absolute Gasteiger partial charge is 0.477 e. The van der Waals surface area contributed by atoms with Crippen LogP contribution in [0.2, 0.25) is 0 Å². The zero-order chi connectivity index (χ0) is 23.2. The van der Waals surface area contributed by atoms with E-state index < -0.39 is 5.97 Å². The Kier molecular flexibility index (Phi) is 5.28. The van der Waals surface area contributed by atoms with Crippen LogP contribution in [0.15, 0.2) is 35.3 Å². The average molecular weight is 451 g/mol. The van der Waals surface area contributed by atoms with Crippen molar-refractivity contribution in [1.29, 1.82) is 0 Å². The number of piperazine rings is 1. The Morgan fingerprint density at radius 1 is 1.33 bits per heavy atom. The molecule has 5 heterocycles. The van der Waals surface area contributed by atoms with E-state index in [0.717, 1.165) is 59.4 Å². The second-order valence-corrected chi connectivity index (χ2v) is 9.16. The molecule has 5 rings (SSSR count). The number of quaternary nitrogens is 1. The fourth-order valence-corrected chi connectivity index (χ4v) is 4.89. The summed E-state index contributed by atoms with van der Waals surface area (Å²) in [5.41, 5.74) is 4.37. The van der Waals surface area contributed by atoms with Gasteiger partial charge in [0.2, 0.25) is 5.88 Å². The van der Waals surface area contributed by atoms with Crippen molar-refractivity contribution in [3.8, 4) is 5.88 Å². The normalized spacial score (nSPS) is 22.5. The Bertz CT molecular complexity index is 1270. The molecule has 0 aliphatic carbocycles. The number of carbonyl (C=O) groups excluding carboxylic acids is 1. The van der Waals surface area contributed by atoms with Crippen molar-refractivity contribution in [3.63, 3.8) is 0 Å². The van der Waals surface area contributed by atoms with E-state index in [-0.39, 0.29) is 5.56 Å². The Balaban J connectivity index is 1.40. The van der Waals surface area contributed by atoms with Crippen LogP contribution in [0.4, 0.5) is 5.69 Å². The molecule has 0 bridgehead atoms. The first-order chi connectivity index (χ1) is 15.9. The summed E-state index contributed by atoms with van der Waals surface area (Å²) < 4.78 is 11.7. The third-order valence-corrected chi connectivity index (χ3v) is 6.97. The Morgan fingerprint density at radius 3 is 2.94 bits per heavy atom. The van der Waals surface area contributed by atoms with Gasteiger partial charge in [-0.25, -0.2) is 14.8 Å². The zero-order valence-corrected chi connectivity index (χ0v) is 19.1. The summed E-state index contributed by atoms with van der Waals surface area (Å²) in [5, 5.41) is 0. The van der Waals surface area contributed by atoms with Crippen LogP contribution < -0.4 is 15.2 Å². The van der Waals surface area contributed by atoms with Gasteiger partial charge in [0.15, 0.2) is 0 Å². The molecule has 9 heteroatoms. The zero-order valence-electron chi connectivity index (χ0n) is 19.1. The van der Waals surface area contributed by atoms with E-state index in [2.05, 4.69) is 21.9 Å². The summed E-state index contributed by atoms with van der Waals surface area (Å²) in [7, 11) is 3.64. The van der Waals surface area contributed by atoms with Crippen molar-refractivity contribution in [3.05, 3.63) is 57.6 Å². The summed E-state index contributed by atoms with van der Waals surface area (Å²) in [6, 6.07) is 7.83. The number of hydrogen-bond acceptors (Lipinski definition) is 7. The fourth-order valence-electron chi connectivity index (χ4n) is 4.89. The molecule has 0 saturated carbocycles. The number of ether oxygens (including phenoxy) is 2. The third-order valence-electron chi connectivity index (χ3n) is 6.97. The van der Waals surface area contributed by atoms with Gasteiger partial charge in [-0.3, -0.25) is 4.79 Å². The molecule has 172 valence electrons. The van der Waals surface area contributed by atoms with Crippen LogP contribution in [0, 0.1) is 6.92 Å². The van der Waals surface area contributed by atoms with E-state index in [0.29, 0.717) is 29.8 Å². The van der Waals surface area contributed by atoms with Gasteiger partial charge in [-0.1, -0.05) is 0 Å². The number of rotatable bonds is 2. The van der Waals surface area contributed by atoms with E-state index in [1.807, 2.05) is 18.2 Å². The van der Waals surface area contributed by atoms with E-state index in [1.165, 1.54) is 7.11 Å². The van der Waals surface area contributed by atoms with Crippen molar-refractivity contribution in [2.24, 2.45) is 0 Å². The van der Waals surface area contributed by atoms with Crippen LogP contribution in [-0.4, -0.2) is 71.8 Å². The number of carbonyl (C=O) groups is 1. The molecule has 9 nitrogen and oxygen atoms in total. The number of esters is 1. The van der Waals surface area contributed by atoms with E-state index in [4.69, 9.17) is 14.5 Å². The first-order valence-corrected chi connectivity index (χ1v) is 11.2. The Labute approximate surface area is 191 Å². The molecule has 2 atom stereocenters. The minimum atomic E-state index is -0.432. The maximum Gasteiger partial charge on any atom is 0.356 e. The van der Waals surface area contributed by atoms with Crippen LogP contribution in [0.3, 0.4) is 0 Å². The maximum absolute atomic E-state index is 12.1. The lowest BCUT2D eigenvalue weighted by atomic mass is 10.0. The molecule has 2 aliphatic rings. The number of likely N-dealkylation sites (N-methyl/N-ethyl adjacent to an activating group) is 1. The number of fused-ring (bicyclic) bond motifs is 3. The van der Waals surface area contributed by atoms with E-state index in [1.54, 1.807) is 19.2 Å². The van der Waals surface area contributed by atoms with Gasteiger partial charge in [0.25, 0.3) is 5.56 Å². The standard InChI is InChI=1S/C24H27N5O4/c1-15-10-20-21(26-22(15)30)11-16-14-29(2)8-7-28(13-18(29)6-9-33-23(16)27-20)17-4-5-19(25-12-17)24(31)32-3/h4-5,10-12,18H,6-9,13-14H2,1-3H3/p+1/t18-,29?/m1/s1. The van der Waals surface area contributed by atoms with Crippen molar-refractivity contribution < 1.29 is 18.8 Å². The van der Waals surface area contributed by atoms with Crippen LogP contribution in [-0.2, 0) is 11.3 Å². The van der Waals surface area contributed by atoms with Crippen molar-refractivity contribution in [2.75, 3.05) is 45.3 Å². The highest BCUT2D eigenvalue weighted by Crippen LogP contribution is 2.32. The van der Waals surface area contributed by atoms with Gasteiger partial charge in [0, 0.05) is 12.0 Å². The molecule has 1 saturated heterocycles. The smallest absolute Gasteiger partial charge is 0.356 e. The number of aromatic amines is 1. The number of anilines is 1. The minimum Gasteiger partial charge on any atom is -0.477 e. The second kappa shape index (κ2) is 8.15. The summed E-state index contributed by atoms with van der Waals surface area (Å²) in [4.78, 5) is 38.0. The lowest BCUT2D eigenvalue weighted by Crippen LogP contribution is -2.63. The SMILES string of the molecule is COC(=O)c1ccc(N2CC[N+]3(C)Cc4cc5[nH]c(=O)c(C)cc5nc4OCC[C@@H]3C2)cn1. The quantitative estimate of drug-likeness (QED) is 0.471. The van der Waals surface area contributed by atoms with Gasteiger partial charge < -0.3 is 23.8 Å². The van der Waals surface area contributed by atoms with Crippen LogP contribution in [0.5, 0.6) is 5.88 Å². The highest BCUT2D eigenvalue weighted by Gasteiger charge is 2.40. The monoisotopic (exact) mass is 450 g/mol. The Morgan fingerprint density at radius 2 is 2.18 bits per heavy atom. The molecule has 3 aromatic rings. The third kappa shape index (κ3) is 3.93. The molecule has 3 aromatic heterocycles. The number of methoxy groups -OCH3 is 1. The topological polar surface area (TPSA) is 97.4 Å². The lowest BCUT2D eigenvalue weighted by Gasteiger charge is -2.49. The molecule has 0 spiro atoms. The highest BCUT2D eigenvalue weighted by atomic mass is 16.5. The number of nitrogens with zero attached hydrogens (tertiary/aromatic N) is 4. The molecule has 1 unspecified atom stereocenters. The molecular formula is C24H28N5O4+. The number of nitrogens with one attached hydrogen (secondary N) is 1. The molecule has 0 amide bonds. The molecular weight excluding hydrogens is 422 g/mol. The number of pyridine rings is 3. The molecule has 1 fully saturated rings. The summed E-state index contributed by atoms with van der Waals surface area (Å²) in [6.45, 7) is 5.84. The van der Waals surface area contributed by atoms with Gasteiger partial charge in [-0.2, -0.15) is 0 Å². The predicted molar refractivity (Wildman–Crippen MR) is 124 cm³/mol. The fraction of sp³-hybridized carbons (Fsp3) is 0.417. The Hall–Kier alpha value is -3.46. The maximum atomic E-state index is 12.1. The first-order valence-electron chi connectivity index (χ1n) is 11.2. The van der Waals surface area contributed by atoms with Gasteiger partial charge in [0.05, 0.1) is 68.9 Å². The van der Waals surface area contributed by atoms with Gasteiger partial charge in [-0.05, 0) is 31.2 Å². The van der Waals surface area contributed by atoms with E-state index in [9.17, 15) is 9.59 Å². The average Bonchev–Trinajstić information content (AvgIpc) is 2.80. The summed E-state index contributed by atoms with van der Waals surface area (Å²) in [6.07, 6.45) is 2.65. The van der Waals surface area contributed by atoms with Crippen molar-refractivity contribution in [1.82, 2.24) is 15.0 Å². The molecule has 33 heavy (non-hydrogen) atoms. The number of aromatic nitrogens is 3. The predicted octanol–water partition coefficient (Wildman–Crippen LogP) is 2.03. The summed E-state index contributed by atoms with van der Waals surface area (Å²) >= 11 is 0. The number of H-pyrrole nitrogens is 1. The highest BCUT2D eigenvalue weighted by molar-refractivity contribution is 5.87. The van der Waals surface area contributed by atoms with E-state index >= 15 is 0 Å². The minimum absolute atomic E-state index is 0.0882. The number of aryl methyl sites for hydroxylation is 1. The van der Waals surface area contributed by atoms with Crippen LogP contribution >= 0.6 is 0 Å².